The molecule has 17 heavy (non-hydrogen) atoms. The van der Waals surface area contributed by atoms with E-state index >= 15 is 0 Å². The molecule has 1 aliphatic rings. The Kier molecular flexibility index (Phi) is 19.5. The van der Waals surface area contributed by atoms with Gasteiger partial charge < -0.3 is 0 Å². The average molecular weight is 376 g/mol. The lowest BCUT2D eigenvalue weighted by Gasteiger charge is -2.25. The lowest BCUT2D eigenvalue weighted by Crippen LogP contribution is -2.49. The highest BCUT2D eigenvalue weighted by molar-refractivity contribution is 9.09. The first-order chi connectivity index (χ1) is 6.83. The fourth-order valence-corrected chi connectivity index (χ4v) is 1.42. The van der Waals surface area contributed by atoms with Crippen LogP contribution >= 0.6 is 32.9 Å². The Morgan fingerprint density at radius 2 is 1.71 bits per heavy atom. The summed E-state index contributed by atoms with van der Waals surface area (Å²) in [7, 11) is 0. The summed E-state index contributed by atoms with van der Waals surface area (Å²) in [6.45, 7) is 6.71. The summed E-state index contributed by atoms with van der Waals surface area (Å²) >= 11 is 3.44. The van der Waals surface area contributed by atoms with Crippen LogP contribution in [0.5, 0.6) is 0 Å². The van der Waals surface area contributed by atoms with Gasteiger partial charge in [-0.25, -0.2) is 0 Å². The van der Waals surface area contributed by atoms with Gasteiger partial charge in [0.05, 0.1) is 13.3 Å². The SMILES string of the molecule is Br.C.C.C/C(=C\CN1CNCNCNC1)CBr. The second-order valence-electron chi connectivity index (χ2n) is 3.46. The minimum atomic E-state index is 0. The summed E-state index contributed by atoms with van der Waals surface area (Å²) in [4.78, 5) is 2.33. The Bertz CT molecular complexity index is 180. The van der Waals surface area contributed by atoms with Crippen LogP contribution in [-0.4, -0.2) is 43.4 Å². The number of rotatable bonds is 3. The van der Waals surface area contributed by atoms with E-state index in [0.717, 1.165) is 38.5 Å². The molecule has 106 valence electrons. The third kappa shape index (κ3) is 11.4. The molecule has 4 nitrogen and oxygen atoms in total. The van der Waals surface area contributed by atoms with Crippen molar-refractivity contribution in [2.24, 2.45) is 0 Å². The molecular weight excluding hydrogens is 348 g/mol. The third-order valence-electron chi connectivity index (χ3n) is 2.08. The topological polar surface area (TPSA) is 39.3 Å². The third-order valence-corrected chi connectivity index (χ3v) is 2.96. The van der Waals surface area contributed by atoms with Gasteiger partial charge in [-0.1, -0.05) is 42.4 Å². The molecule has 1 rings (SSSR count). The molecule has 0 aliphatic carbocycles. The van der Waals surface area contributed by atoms with Crippen LogP contribution in [0.2, 0.25) is 0 Å². The van der Waals surface area contributed by atoms with Crippen LogP contribution in [0, 0.1) is 0 Å². The summed E-state index contributed by atoms with van der Waals surface area (Å²) in [6, 6.07) is 0. The Balaban J connectivity index is -0.000000653. The van der Waals surface area contributed by atoms with Crippen molar-refractivity contribution in [3.05, 3.63) is 11.6 Å². The summed E-state index contributed by atoms with van der Waals surface area (Å²) in [5, 5.41) is 10.8. The number of alkyl halides is 1. The molecule has 0 aromatic rings. The van der Waals surface area contributed by atoms with Gasteiger partial charge >= 0.3 is 0 Å². The predicted octanol–water partition coefficient (Wildman–Crippen LogP) is 2.09. The largest absolute Gasteiger partial charge is 0.292 e. The van der Waals surface area contributed by atoms with E-state index in [-0.39, 0.29) is 31.8 Å². The van der Waals surface area contributed by atoms with E-state index in [1.807, 2.05) is 0 Å². The lowest BCUT2D eigenvalue weighted by atomic mass is 10.3. The first kappa shape index (κ1) is 22.7. The number of hydrogen-bond donors (Lipinski definition) is 3. The quantitative estimate of drug-likeness (QED) is 0.521. The number of hydrogen-bond acceptors (Lipinski definition) is 4. The highest BCUT2D eigenvalue weighted by atomic mass is 79.9. The summed E-state index contributed by atoms with van der Waals surface area (Å²) < 4.78 is 0. The minimum absolute atomic E-state index is 0. The van der Waals surface area contributed by atoms with Gasteiger partial charge in [-0.15, -0.1) is 17.0 Å². The standard InChI is InChI=1S/C9H19BrN4.2CH4.BrH/c1-9(4-10)2-3-14-7-12-5-11-6-13-8-14;;;/h2,11-13H,3-8H2,1H3;2*1H4;1H/b9-2+;;;. The zero-order valence-corrected chi connectivity index (χ0v) is 12.4. The van der Waals surface area contributed by atoms with Gasteiger partial charge in [-0.2, -0.15) is 0 Å². The van der Waals surface area contributed by atoms with Crippen molar-refractivity contribution in [2.45, 2.75) is 21.8 Å². The zero-order valence-electron chi connectivity index (χ0n) is 9.05. The zero-order chi connectivity index (χ0) is 10.2. The first-order valence-corrected chi connectivity index (χ1v) is 6.01. The van der Waals surface area contributed by atoms with Crippen LogP contribution in [0.1, 0.15) is 21.8 Å². The second-order valence-corrected chi connectivity index (χ2v) is 4.02. The highest BCUT2D eigenvalue weighted by Gasteiger charge is 2.03. The van der Waals surface area contributed by atoms with Crippen LogP contribution in [0.15, 0.2) is 11.6 Å². The molecule has 0 spiro atoms. The van der Waals surface area contributed by atoms with E-state index < -0.39 is 0 Å². The lowest BCUT2D eigenvalue weighted by molar-refractivity contribution is 0.232. The number of allylic oxidation sites excluding steroid dienone is 1. The van der Waals surface area contributed by atoms with Gasteiger partial charge in [0.1, 0.15) is 0 Å². The molecule has 3 N–H and O–H groups in total. The van der Waals surface area contributed by atoms with E-state index in [0.29, 0.717) is 0 Å². The molecule has 0 aromatic heterocycles. The maximum absolute atomic E-state index is 3.44. The monoisotopic (exact) mass is 374 g/mol. The second kappa shape index (κ2) is 14.6. The van der Waals surface area contributed by atoms with Crippen molar-refractivity contribution >= 4 is 32.9 Å². The van der Waals surface area contributed by atoms with Crippen LogP contribution in [-0.2, 0) is 0 Å². The van der Waals surface area contributed by atoms with E-state index in [1.54, 1.807) is 0 Å². The smallest absolute Gasteiger partial charge is 0.0505 e. The average Bonchev–Trinajstić information content (AvgIpc) is 2.15. The van der Waals surface area contributed by atoms with Gasteiger partial charge in [-0.3, -0.25) is 20.9 Å². The van der Waals surface area contributed by atoms with Crippen molar-refractivity contribution in [1.29, 1.82) is 0 Å². The molecule has 0 radical (unpaired) electrons. The van der Waals surface area contributed by atoms with Gasteiger partial charge in [0.15, 0.2) is 0 Å². The van der Waals surface area contributed by atoms with Crippen molar-refractivity contribution in [1.82, 2.24) is 20.9 Å². The molecule has 1 aliphatic heterocycles. The number of nitrogens with zero attached hydrogens (tertiary/aromatic N) is 1. The highest BCUT2D eigenvalue weighted by Crippen LogP contribution is 1.98. The van der Waals surface area contributed by atoms with Crippen molar-refractivity contribution in [3.8, 4) is 0 Å². The summed E-state index contributed by atoms with van der Waals surface area (Å²) in [6.07, 6.45) is 2.26. The molecule has 1 saturated heterocycles. The molecule has 0 unspecified atom stereocenters. The Labute approximate surface area is 125 Å². The first-order valence-electron chi connectivity index (χ1n) is 4.89. The predicted molar refractivity (Wildman–Crippen MR) is 86.9 cm³/mol. The normalized spacial score (nSPS) is 17.9. The molecule has 0 amide bonds. The number of halogens is 2. The van der Waals surface area contributed by atoms with Crippen LogP contribution in [0.25, 0.3) is 0 Å². The van der Waals surface area contributed by atoms with Gasteiger partial charge in [0.25, 0.3) is 0 Å². The van der Waals surface area contributed by atoms with E-state index in [2.05, 4.69) is 49.8 Å². The summed E-state index contributed by atoms with van der Waals surface area (Å²) in [5.74, 6) is 0. The molecule has 0 aromatic carbocycles. The van der Waals surface area contributed by atoms with Gasteiger partial charge in [-0.05, 0) is 6.92 Å². The van der Waals surface area contributed by atoms with Crippen molar-refractivity contribution in [3.63, 3.8) is 0 Å². The Morgan fingerprint density at radius 3 is 2.18 bits per heavy atom. The molecular formula is C11H28Br2N4. The van der Waals surface area contributed by atoms with Crippen LogP contribution in [0.4, 0.5) is 0 Å². The van der Waals surface area contributed by atoms with E-state index in [1.165, 1.54) is 5.57 Å². The van der Waals surface area contributed by atoms with Gasteiger partial charge in [0, 0.05) is 25.2 Å². The van der Waals surface area contributed by atoms with Crippen molar-refractivity contribution in [2.75, 3.05) is 38.5 Å². The fraction of sp³-hybridized carbons (Fsp3) is 0.818. The fourth-order valence-electron chi connectivity index (χ4n) is 1.19. The Morgan fingerprint density at radius 1 is 1.18 bits per heavy atom. The molecule has 0 saturated carbocycles. The summed E-state index contributed by atoms with van der Waals surface area (Å²) in [5.41, 5.74) is 1.38. The molecule has 6 heteroatoms. The van der Waals surface area contributed by atoms with E-state index in [9.17, 15) is 0 Å². The maximum Gasteiger partial charge on any atom is 0.0505 e. The minimum Gasteiger partial charge on any atom is -0.292 e. The molecule has 1 fully saturated rings. The molecule has 0 bridgehead atoms. The maximum atomic E-state index is 3.44. The van der Waals surface area contributed by atoms with E-state index in [4.69, 9.17) is 0 Å². The molecule has 1 heterocycles. The Hall–Kier alpha value is 0.540. The molecule has 0 atom stereocenters. The number of nitrogens with one attached hydrogen (secondary N) is 3. The van der Waals surface area contributed by atoms with Crippen LogP contribution < -0.4 is 16.0 Å². The van der Waals surface area contributed by atoms with Crippen LogP contribution in [0.3, 0.4) is 0 Å². The van der Waals surface area contributed by atoms with Gasteiger partial charge in [0.2, 0.25) is 0 Å². The van der Waals surface area contributed by atoms with Crippen molar-refractivity contribution < 1.29 is 0 Å².